The maximum atomic E-state index is 13.6. The van der Waals surface area contributed by atoms with E-state index in [1.165, 1.54) is 5.56 Å². The van der Waals surface area contributed by atoms with Crippen molar-refractivity contribution >= 4 is 43.6 Å². The summed E-state index contributed by atoms with van der Waals surface area (Å²) < 4.78 is 12.8. The van der Waals surface area contributed by atoms with Crippen LogP contribution in [-0.2, 0) is 6.42 Å². The molecule has 1 amide bonds. The number of ether oxygens (including phenoxy) is 1. The van der Waals surface area contributed by atoms with E-state index in [0.717, 1.165) is 35.0 Å². The van der Waals surface area contributed by atoms with Gasteiger partial charge in [0.25, 0.3) is 5.91 Å². The summed E-state index contributed by atoms with van der Waals surface area (Å²) in [4.78, 5) is 22.4. The fraction of sp³-hybridized carbons (Fsp3) is 0.360. The Morgan fingerprint density at radius 3 is 2.69 bits per heavy atom. The normalized spacial score (nSPS) is 11.5. The molecule has 0 aliphatic carbocycles. The molecule has 4 rings (SSSR count). The number of amides is 1. The number of benzene rings is 2. The lowest BCUT2D eigenvalue weighted by molar-refractivity contribution is 0.0961. The Bertz CT molecular complexity index is 1230. The number of para-hydroxylation sites is 2. The maximum Gasteiger partial charge on any atom is 0.295 e. The number of aryl methyl sites for hydroxylation is 1. The quantitative estimate of drug-likeness (QED) is 0.331. The molecule has 6 nitrogen and oxygen atoms in total. The van der Waals surface area contributed by atoms with Crippen LogP contribution in [0.15, 0.2) is 46.9 Å². The van der Waals surface area contributed by atoms with Crippen molar-refractivity contribution in [3.8, 4) is 5.75 Å². The van der Waals surface area contributed by atoms with E-state index in [1.54, 1.807) is 22.3 Å². The van der Waals surface area contributed by atoms with E-state index in [1.807, 2.05) is 39.2 Å². The van der Waals surface area contributed by atoms with E-state index in [9.17, 15) is 4.79 Å². The summed E-state index contributed by atoms with van der Waals surface area (Å²) in [5.41, 5.74) is 2.77. The van der Waals surface area contributed by atoms with Gasteiger partial charge in [0.2, 0.25) is 0 Å². The molecule has 0 fully saturated rings. The highest BCUT2D eigenvalue weighted by molar-refractivity contribution is 7.22. The van der Waals surface area contributed by atoms with Crippen LogP contribution in [-0.4, -0.2) is 49.6 Å². The summed E-state index contributed by atoms with van der Waals surface area (Å²) in [5.74, 6) is 0.766. The molecule has 32 heavy (non-hydrogen) atoms. The van der Waals surface area contributed by atoms with Crippen LogP contribution in [0.3, 0.4) is 0 Å². The Kier molecular flexibility index (Phi) is 6.77. The van der Waals surface area contributed by atoms with Gasteiger partial charge in [0.1, 0.15) is 0 Å². The summed E-state index contributed by atoms with van der Waals surface area (Å²) in [7, 11) is 4.07. The van der Waals surface area contributed by atoms with Crippen molar-refractivity contribution < 1.29 is 13.9 Å². The predicted molar refractivity (Wildman–Crippen MR) is 131 cm³/mol. The number of nitrogens with zero attached hydrogens (tertiary/aromatic N) is 3. The van der Waals surface area contributed by atoms with Gasteiger partial charge in [0, 0.05) is 11.9 Å². The Labute approximate surface area is 192 Å². The van der Waals surface area contributed by atoms with Crippen molar-refractivity contribution in [2.75, 3.05) is 38.7 Å². The van der Waals surface area contributed by atoms with Gasteiger partial charge in [-0.3, -0.25) is 9.69 Å². The van der Waals surface area contributed by atoms with Crippen molar-refractivity contribution in [3.63, 3.8) is 0 Å². The summed E-state index contributed by atoms with van der Waals surface area (Å²) in [6.45, 7) is 6.03. The van der Waals surface area contributed by atoms with Gasteiger partial charge in [-0.05, 0) is 64.2 Å². The van der Waals surface area contributed by atoms with E-state index in [2.05, 4.69) is 30.0 Å². The van der Waals surface area contributed by atoms with Crippen molar-refractivity contribution in [2.45, 2.75) is 26.7 Å². The number of hydrogen-bond acceptors (Lipinski definition) is 6. The van der Waals surface area contributed by atoms with Gasteiger partial charge in [-0.2, -0.15) is 0 Å². The number of aromatic nitrogens is 1. The summed E-state index contributed by atoms with van der Waals surface area (Å²) in [5, 5.41) is 1.56. The average Bonchev–Trinajstić information content (AvgIpc) is 3.41. The first-order valence-corrected chi connectivity index (χ1v) is 11.8. The molecule has 0 aliphatic heterocycles. The average molecular weight is 452 g/mol. The summed E-state index contributed by atoms with van der Waals surface area (Å²) in [6.07, 6.45) is 1.73. The Morgan fingerprint density at radius 1 is 1.12 bits per heavy atom. The van der Waals surface area contributed by atoms with Crippen LogP contribution in [0.1, 0.15) is 36.4 Å². The Morgan fingerprint density at radius 2 is 1.94 bits per heavy atom. The zero-order valence-corrected chi connectivity index (χ0v) is 19.9. The van der Waals surface area contributed by atoms with Gasteiger partial charge in [-0.15, -0.1) is 0 Å². The summed E-state index contributed by atoms with van der Waals surface area (Å²) in [6, 6.07) is 13.7. The number of hydrogen-bond donors (Lipinski definition) is 0. The second-order valence-electron chi connectivity index (χ2n) is 7.95. The number of rotatable bonds is 9. The van der Waals surface area contributed by atoms with Crippen LogP contribution in [0.25, 0.3) is 21.2 Å². The molecule has 7 heteroatoms. The molecule has 0 unspecified atom stereocenters. The molecule has 0 saturated heterocycles. The molecular formula is C25H29N3O3S. The van der Waals surface area contributed by atoms with E-state index in [4.69, 9.17) is 14.1 Å². The smallest absolute Gasteiger partial charge is 0.295 e. The van der Waals surface area contributed by atoms with Gasteiger partial charge in [0.05, 0.1) is 16.8 Å². The summed E-state index contributed by atoms with van der Waals surface area (Å²) >= 11 is 1.55. The minimum Gasteiger partial charge on any atom is -0.490 e. The molecule has 168 valence electrons. The van der Waals surface area contributed by atoms with Crippen LogP contribution >= 0.6 is 11.3 Å². The third kappa shape index (κ3) is 4.49. The molecular weight excluding hydrogens is 422 g/mol. The fourth-order valence-corrected chi connectivity index (χ4v) is 4.81. The Hall–Kier alpha value is -2.90. The molecule has 0 N–H and O–H groups in total. The van der Waals surface area contributed by atoms with E-state index < -0.39 is 0 Å². The highest BCUT2D eigenvalue weighted by Gasteiger charge is 2.25. The van der Waals surface area contributed by atoms with Gasteiger partial charge < -0.3 is 14.1 Å². The van der Waals surface area contributed by atoms with Crippen LogP contribution < -0.4 is 9.64 Å². The van der Waals surface area contributed by atoms with Crippen LogP contribution in [0.2, 0.25) is 0 Å². The van der Waals surface area contributed by atoms with Crippen LogP contribution in [0, 0.1) is 0 Å². The third-order valence-corrected chi connectivity index (χ3v) is 6.40. The lowest BCUT2D eigenvalue weighted by atomic mass is 10.1. The van der Waals surface area contributed by atoms with Crippen molar-refractivity contribution in [1.82, 2.24) is 9.88 Å². The first-order chi connectivity index (χ1) is 15.5. The molecule has 2 heterocycles. The minimum atomic E-state index is -0.181. The standard InChI is InChI=1S/C25H29N3O3S/c1-5-17-10-8-13-21-22(17)26-25(32-21)28(15-9-14-27(3)4)24(29)20-16-18-11-7-12-19(30-6-2)23(18)31-20/h7-8,10-13,16H,5-6,9,14-15H2,1-4H3. The molecule has 0 bridgehead atoms. The molecule has 0 aliphatic rings. The third-order valence-electron chi connectivity index (χ3n) is 5.35. The molecule has 2 aromatic heterocycles. The number of carbonyl (C=O) groups is 1. The maximum absolute atomic E-state index is 13.6. The largest absolute Gasteiger partial charge is 0.490 e. The zero-order chi connectivity index (χ0) is 22.7. The van der Waals surface area contributed by atoms with Gasteiger partial charge >= 0.3 is 0 Å². The monoisotopic (exact) mass is 451 g/mol. The first kappa shape index (κ1) is 22.3. The topological polar surface area (TPSA) is 58.8 Å². The Balaban J connectivity index is 1.72. The lowest BCUT2D eigenvalue weighted by Crippen LogP contribution is -2.33. The number of thiazole rings is 1. The first-order valence-electron chi connectivity index (χ1n) is 11.0. The van der Waals surface area contributed by atoms with Gasteiger partial charge in [-0.1, -0.05) is 42.5 Å². The number of furan rings is 1. The second-order valence-corrected chi connectivity index (χ2v) is 8.95. The van der Waals surface area contributed by atoms with E-state index in [-0.39, 0.29) is 5.91 Å². The van der Waals surface area contributed by atoms with Gasteiger partial charge in [-0.25, -0.2) is 4.98 Å². The van der Waals surface area contributed by atoms with Crippen molar-refractivity contribution in [2.24, 2.45) is 0 Å². The molecule has 4 aromatic rings. The molecule has 2 aromatic carbocycles. The van der Waals surface area contributed by atoms with E-state index in [0.29, 0.717) is 35.4 Å². The molecule has 0 spiro atoms. The van der Waals surface area contributed by atoms with Crippen LogP contribution in [0.4, 0.5) is 5.13 Å². The number of fused-ring (bicyclic) bond motifs is 2. The minimum absolute atomic E-state index is 0.181. The number of anilines is 1. The van der Waals surface area contributed by atoms with E-state index >= 15 is 0 Å². The highest BCUT2D eigenvalue weighted by atomic mass is 32.1. The molecule has 0 atom stereocenters. The SMILES string of the molecule is CCOc1cccc2cc(C(=O)N(CCCN(C)C)c3nc4c(CC)cccc4s3)oc12. The van der Waals surface area contributed by atoms with Crippen molar-refractivity contribution in [3.05, 3.63) is 53.8 Å². The molecule has 0 saturated carbocycles. The number of carbonyl (C=O) groups excluding carboxylic acids is 1. The second kappa shape index (κ2) is 9.71. The highest BCUT2D eigenvalue weighted by Crippen LogP contribution is 2.34. The fourth-order valence-electron chi connectivity index (χ4n) is 3.77. The van der Waals surface area contributed by atoms with Crippen LogP contribution in [0.5, 0.6) is 5.75 Å². The van der Waals surface area contributed by atoms with Gasteiger partial charge in [0.15, 0.2) is 22.2 Å². The lowest BCUT2D eigenvalue weighted by Gasteiger charge is -2.19. The zero-order valence-electron chi connectivity index (χ0n) is 19.1. The molecule has 0 radical (unpaired) electrons. The van der Waals surface area contributed by atoms with Crippen molar-refractivity contribution in [1.29, 1.82) is 0 Å². The predicted octanol–water partition coefficient (Wildman–Crippen LogP) is 5.60.